The Kier molecular flexibility index (Phi) is 4.11. The molecule has 0 saturated carbocycles. The molecule has 2 rings (SSSR count). The Hall–Kier alpha value is -2.18. The Morgan fingerprint density at radius 1 is 0.952 bits per heavy atom. The summed E-state index contributed by atoms with van der Waals surface area (Å²) in [5.41, 5.74) is -0.499. The topological polar surface area (TPSA) is 9.23 Å². The largest absolute Gasteiger partial charge is 0.573 e. The highest BCUT2D eigenvalue weighted by atomic mass is 19.4. The second-order valence-electron chi connectivity index (χ2n) is 4.12. The molecule has 0 fully saturated rings. The van der Waals surface area contributed by atoms with E-state index in [1.807, 2.05) is 0 Å². The molecule has 0 amide bonds. The average Bonchev–Trinajstić information content (AvgIpc) is 2.36. The number of benzene rings is 2. The van der Waals surface area contributed by atoms with Crippen LogP contribution < -0.4 is 4.74 Å². The first-order chi connectivity index (χ1) is 9.76. The molecule has 0 radical (unpaired) electrons. The van der Waals surface area contributed by atoms with Crippen LogP contribution in [-0.2, 0) is 0 Å². The van der Waals surface area contributed by atoms with Gasteiger partial charge in [0.25, 0.3) is 6.43 Å². The first-order valence-corrected chi connectivity index (χ1v) is 5.70. The van der Waals surface area contributed by atoms with Crippen molar-refractivity contribution in [2.24, 2.45) is 0 Å². The summed E-state index contributed by atoms with van der Waals surface area (Å²) in [7, 11) is 0. The molecule has 0 aliphatic heterocycles. The van der Waals surface area contributed by atoms with Gasteiger partial charge in [-0.25, -0.2) is 13.2 Å². The zero-order chi connectivity index (χ0) is 15.6. The summed E-state index contributed by atoms with van der Waals surface area (Å²) in [5, 5.41) is 0. The molecule has 112 valence electrons. The molecule has 0 heterocycles. The van der Waals surface area contributed by atoms with Gasteiger partial charge >= 0.3 is 6.36 Å². The molecule has 0 N–H and O–H groups in total. The van der Waals surface area contributed by atoms with Crippen LogP contribution in [0.1, 0.15) is 12.0 Å². The van der Waals surface area contributed by atoms with Gasteiger partial charge in [-0.05, 0) is 23.8 Å². The van der Waals surface area contributed by atoms with E-state index < -0.39 is 29.9 Å². The summed E-state index contributed by atoms with van der Waals surface area (Å²) in [5.74, 6) is -1.46. The number of halogens is 6. The fourth-order valence-electron chi connectivity index (χ4n) is 1.76. The van der Waals surface area contributed by atoms with Gasteiger partial charge in [0.15, 0.2) is 0 Å². The van der Waals surface area contributed by atoms with Gasteiger partial charge < -0.3 is 4.74 Å². The summed E-state index contributed by atoms with van der Waals surface area (Å²) in [6.45, 7) is 0. The van der Waals surface area contributed by atoms with Crippen LogP contribution in [-0.4, -0.2) is 6.36 Å². The molecule has 0 aliphatic carbocycles. The van der Waals surface area contributed by atoms with Crippen molar-refractivity contribution >= 4 is 0 Å². The summed E-state index contributed by atoms with van der Waals surface area (Å²) in [6, 6.07) is 7.39. The maximum atomic E-state index is 13.8. The number of hydrogen-bond donors (Lipinski definition) is 0. The zero-order valence-corrected chi connectivity index (χ0v) is 10.3. The molecule has 7 heteroatoms. The van der Waals surface area contributed by atoms with Gasteiger partial charge in [-0.1, -0.05) is 24.3 Å². The predicted octanol–water partition coefficient (Wildman–Crippen LogP) is 5.33. The van der Waals surface area contributed by atoms with Crippen molar-refractivity contribution in [1.82, 2.24) is 0 Å². The van der Waals surface area contributed by atoms with E-state index in [0.29, 0.717) is 6.07 Å². The Morgan fingerprint density at radius 3 is 2.24 bits per heavy atom. The smallest absolute Gasteiger partial charge is 0.406 e. The molecule has 0 spiro atoms. The van der Waals surface area contributed by atoms with Crippen molar-refractivity contribution in [3.63, 3.8) is 0 Å². The standard InChI is InChI=1S/C14H8F6O/c15-12-7-9(13(16)17)4-5-11(12)8-2-1-3-10(6-8)21-14(18,19)20/h1-7,13H. The highest BCUT2D eigenvalue weighted by Gasteiger charge is 2.31. The van der Waals surface area contributed by atoms with Crippen LogP contribution in [0, 0.1) is 5.82 Å². The maximum Gasteiger partial charge on any atom is 0.573 e. The molecule has 0 atom stereocenters. The van der Waals surface area contributed by atoms with E-state index in [9.17, 15) is 26.3 Å². The minimum atomic E-state index is -4.86. The Morgan fingerprint density at radius 2 is 1.67 bits per heavy atom. The minimum absolute atomic E-state index is 0.0907. The Bertz CT molecular complexity index is 636. The third-order valence-electron chi connectivity index (χ3n) is 2.62. The van der Waals surface area contributed by atoms with Crippen molar-refractivity contribution in [3.8, 4) is 16.9 Å². The van der Waals surface area contributed by atoms with E-state index in [1.54, 1.807) is 0 Å². The lowest BCUT2D eigenvalue weighted by molar-refractivity contribution is -0.274. The van der Waals surface area contributed by atoms with Gasteiger partial charge in [0.2, 0.25) is 0 Å². The molecular formula is C14H8F6O. The molecule has 0 saturated heterocycles. The van der Waals surface area contributed by atoms with Crippen LogP contribution in [0.3, 0.4) is 0 Å². The van der Waals surface area contributed by atoms with E-state index >= 15 is 0 Å². The van der Waals surface area contributed by atoms with E-state index in [0.717, 1.165) is 24.3 Å². The molecule has 1 nitrogen and oxygen atoms in total. The van der Waals surface area contributed by atoms with Crippen LogP contribution in [0.5, 0.6) is 5.75 Å². The molecule has 21 heavy (non-hydrogen) atoms. The number of ether oxygens (including phenoxy) is 1. The molecule has 0 unspecified atom stereocenters. The van der Waals surface area contributed by atoms with E-state index in [1.165, 1.54) is 12.1 Å². The third-order valence-corrected chi connectivity index (χ3v) is 2.62. The van der Waals surface area contributed by atoms with Crippen molar-refractivity contribution < 1.29 is 31.1 Å². The first-order valence-electron chi connectivity index (χ1n) is 5.70. The molecule has 0 aromatic heterocycles. The number of alkyl halides is 5. The summed E-state index contributed by atoms with van der Waals surface area (Å²) in [6.07, 6.45) is -7.69. The lowest BCUT2D eigenvalue weighted by atomic mass is 10.0. The van der Waals surface area contributed by atoms with Crippen LogP contribution in [0.25, 0.3) is 11.1 Å². The van der Waals surface area contributed by atoms with Gasteiger partial charge in [0, 0.05) is 11.1 Å². The zero-order valence-electron chi connectivity index (χ0n) is 10.3. The molecule has 2 aromatic rings. The monoisotopic (exact) mass is 306 g/mol. The van der Waals surface area contributed by atoms with Gasteiger partial charge in [0.1, 0.15) is 11.6 Å². The quantitative estimate of drug-likeness (QED) is 0.696. The predicted molar refractivity (Wildman–Crippen MR) is 63.5 cm³/mol. The Labute approximate surface area is 115 Å². The molecule has 0 aliphatic rings. The van der Waals surface area contributed by atoms with Crippen LogP contribution >= 0.6 is 0 Å². The molecular weight excluding hydrogens is 298 g/mol. The van der Waals surface area contributed by atoms with E-state index in [4.69, 9.17) is 0 Å². The minimum Gasteiger partial charge on any atom is -0.406 e. The van der Waals surface area contributed by atoms with Crippen LogP contribution in [0.4, 0.5) is 26.3 Å². The van der Waals surface area contributed by atoms with Gasteiger partial charge in [-0.3, -0.25) is 0 Å². The van der Waals surface area contributed by atoms with Crippen molar-refractivity contribution in [2.45, 2.75) is 12.8 Å². The third kappa shape index (κ3) is 3.90. The van der Waals surface area contributed by atoms with Crippen LogP contribution in [0.2, 0.25) is 0 Å². The van der Waals surface area contributed by atoms with Crippen molar-refractivity contribution in [2.75, 3.05) is 0 Å². The molecule has 2 aromatic carbocycles. The highest BCUT2D eigenvalue weighted by molar-refractivity contribution is 5.66. The van der Waals surface area contributed by atoms with Crippen molar-refractivity contribution in [1.29, 1.82) is 0 Å². The fourth-order valence-corrected chi connectivity index (χ4v) is 1.76. The lowest BCUT2D eigenvalue weighted by Crippen LogP contribution is -2.17. The maximum absolute atomic E-state index is 13.8. The average molecular weight is 306 g/mol. The van der Waals surface area contributed by atoms with Gasteiger partial charge in [-0.2, -0.15) is 0 Å². The second kappa shape index (κ2) is 5.67. The normalized spacial score (nSPS) is 11.8. The first kappa shape index (κ1) is 15.2. The van der Waals surface area contributed by atoms with Crippen molar-refractivity contribution in [3.05, 3.63) is 53.8 Å². The van der Waals surface area contributed by atoms with Crippen LogP contribution in [0.15, 0.2) is 42.5 Å². The Balaban J connectivity index is 2.36. The van der Waals surface area contributed by atoms with E-state index in [-0.39, 0.29) is 11.1 Å². The van der Waals surface area contributed by atoms with Gasteiger partial charge in [0.05, 0.1) is 0 Å². The SMILES string of the molecule is Fc1cc(C(F)F)ccc1-c1cccc(OC(F)(F)F)c1. The summed E-state index contributed by atoms with van der Waals surface area (Å²) >= 11 is 0. The molecule has 0 bridgehead atoms. The van der Waals surface area contributed by atoms with Gasteiger partial charge in [-0.15, -0.1) is 13.2 Å². The highest BCUT2D eigenvalue weighted by Crippen LogP contribution is 2.31. The second-order valence-corrected chi connectivity index (χ2v) is 4.12. The number of rotatable bonds is 3. The fraction of sp³-hybridized carbons (Fsp3) is 0.143. The summed E-state index contributed by atoms with van der Waals surface area (Å²) < 4.78 is 78.7. The lowest BCUT2D eigenvalue weighted by Gasteiger charge is -2.11. The van der Waals surface area contributed by atoms with E-state index in [2.05, 4.69) is 4.74 Å². The summed E-state index contributed by atoms with van der Waals surface area (Å²) in [4.78, 5) is 0. The number of hydrogen-bond acceptors (Lipinski definition) is 1.